The first-order valence-electron chi connectivity index (χ1n) is 6.77. The average Bonchev–Trinajstić information content (AvgIpc) is 2.33. The van der Waals surface area contributed by atoms with Crippen molar-refractivity contribution in [1.82, 2.24) is 5.32 Å². The van der Waals surface area contributed by atoms with E-state index in [4.69, 9.17) is 4.74 Å². The molecule has 2 rings (SSSR count). The third kappa shape index (κ3) is 3.44. The van der Waals surface area contributed by atoms with Crippen molar-refractivity contribution in [2.75, 3.05) is 13.2 Å². The lowest BCUT2D eigenvalue weighted by Crippen LogP contribution is -2.44. The van der Waals surface area contributed by atoms with E-state index < -0.39 is 0 Å². The third-order valence-electron chi connectivity index (χ3n) is 4.17. The zero-order valence-corrected chi connectivity index (χ0v) is 10.3. The zero-order chi connectivity index (χ0) is 11.4. The van der Waals surface area contributed by atoms with Crippen LogP contribution in [0.3, 0.4) is 0 Å². The van der Waals surface area contributed by atoms with E-state index in [1.165, 1.54) is 12.8 Å². The SMILES string of the molecule is CC(NC1CCC(O)CC1)C1CCOCC1. The van der Waals surface area contributed by atoms with E-state index in [2.05, 4.69) is 12.2 Å². The highest BCUT2D eigenvalue weighted by Crippen LogP contribution is 2.23. The largest absolute Gasteiger partial charge is 0.393 e. The summed E-state index contributed by atoms with van der Waals surface area (Å²) in [6.07, 6.45) is 6.56. The molecular formula is C13H25NO2. The van der Waals surface area contributed by atoms with Crippen LogP contribution < -0.4 is 5.32 Å². The Hall–Kier alpha value is -0.120. The highest BCUT2D eigenvalue weighted by atomic mass is 16.5. The molecule has 1 atom stereocenters. The molecule has 2 aliphatic rings. The molecule has 94 valence electrons. The van der Waals surface area contributed by atoms with Gasteiger partial charge in [0.2, 0.25) is 0 Å². The Morgan fingerprint density at radius 3 is 2.31 bits per heavy atom. The zero-order valence-electron chi connectivity index (χ0n) is 10.3. The van der Waals surface area contributed by atoms with Gasteiger partial charge in [-0.1, -0.05) is 0 Å². The molecular weight excluding hydrogens is 202 g/mol. The van der Waals surface area contributed by atoms with Gasteiger partial charge in [0.1, 0.15) is 0 Å². The molecule has 1 aliphatic carbocycles. The molecule has 3 nitrogen and oxygen atoms in total. The first kappa shape index (κ1) is 12.3. The Bertz CT molecular complexity index is 196. The normalized spacial score (nSPS) is 34.9. The lowest BCUT2D eigenvalue weighted by molar-refractivity contribution is 0.0512. The molecule has 0 aromatic heterocycles. The van der Waals surface area contributed by atoms with Crippen molar-refractivity contribution >= 4 is 0 Å². The molecule has 1 aliphatic heterocycles. The van der Waals surface area contributed by atoms with Crippen LogP contribution in [0.1, 0.15) is 45.4 Å². The number of ether oxygens (including phenoxy) is 1. The predicted octanol–water partition coefficient (Wildman–Crippen LogP) is 1.69. The van der Waals surface area contributed by atoms with Crippen molar-refractivity contribution < 1.29 is 9.84 Å². The molecule has 1 heterocycles. The van der Waals surface area contributed by atoms with Gasteiger partial charge in [0.25, 0.3) is 0 Å². The van der Waals surface area contributed by atoms with Gasteiger partial charge in [-0.3, -0.25) is 0 Å². The Morgan fingerprint density at radius 2 is 1.69 bits per heavy atom. The van der Waals surface area contributed by atoms with Crippen LogP contribution in [0, 0.1) is 5.92 Å². The van der Waals surface area contributed by atoms with Crippen LogP contribution in [0.5, 0.6) is 0 Å². The minimum Gasteiger partial charge on any atom is -0.393 e. The maximum Gasteiger partial charge on any atom is 0.0541 e. The Labute approximate surface area is 98.6 Å². The summed E-state index contributed by atoms with van der Waals surface area (Å²) in [5.74, 6) is 0.778. The van der Waals surface area contributed by atoms with Crippen molar-refractivity contribution in [1.29, 1.82) is 0 Å². The summed E-state index contributed by atoms with van der Waals surface area (Å²) in [7, 11) is 0. The summed E-state index contributed by atoms with van der Waals surface area (Å²) in [5.41, 5.74) is 0. The van der Waals surface area contributed by atoms with E-state index >= 15 is 0 Å². The van der Waals surface area contributed by atoms with Crippen molar-refractivity contribution in [3.05, 3.63) is 0 Å². The molecule has 0 spiro atoms. The summed E-state index contributed by atoms with van der Waals surface area (Å²) < 4.78 is 5.39. The van der Waals surface area contributed by atoms with Crippen LogP contribution in [-0.2, 0) is 4.74 Å². The lowest BCUT2D eigenvalue weighted by atomic mass is 9.89. The summed E-state index contributed by atoms with van der Waals surface area (Å²) in [6.45, 7) is 4.17. The Balaban J connectivity index is 1.71. The summed E-state index contributed by atoms with van der Waals surface area (Å²) in [5, 5.41) is 13.2. The fourth-order valence-corrected chi connectivity index (χ4v) is 2.97. The molecule has 2 N–H and O–H groups in total. The van der Waals surface area contributed by atoms with Crippen molar-refractivity contribution in [3.8, 4) is 0 Å². The smallest absolute Gasteiger partial charge is 0.0541 e. The fourth-order valence-electron chi connectivity index (χ4n) is 2.97. The van der Waals surface area contributed by atoms with Crippen LogP contribution in [0.25, 0.3) is 0 Å². The second-order valence-corrected chi connectivity index (χ2v) is 5.41. The Kier molecular flexibility index (Phi) is 4.62. The molecule has 0 amide bonds. The molecule has 1 saturated heterocycles. The van der Waals surface area contributed by atoms with Gasteiger partial charge in [-0.05, 0) is 51.4 Å². The number of hydrogen-bond acceptors (Lipinski definition) is 3. The van der Waals surface area contributed by atoms with Crippen LogP contribution in [0.2, 0.25) is 0 Å². The fraction of sp³-hybridized carbons (Fsp3) is 1.00. The van der Waals surface area contributed by atoms with E-state index in [9.17, 15) is 5.11 Å². The highest BCUT2D eigenvalue weighted by Gasteiger charge is 2.25. The molecule has 3 heteroatoms. The molecule has 0 bridgehead atoms. The van der Waals surface area contributed by atoms with E-state index in [1.54, 1.807) is 0 Å². The second-order valence-electron chi connectivity index (χ2n) is 5.41. The van der Waals surface area contributed by atoms with Gasteiger partial charge in [-0.25, -0.2) is 0 Å². The summed E-state index contributed by atoms with van der Waals surface area (Å²) in [4.78, 5) is 0. The van der Waals surface area contributed by atoms with E-state index in [1.807, 2.05) is 0 Å². The molecule has 0 radical (unpaired) electrons. The third-order valence-corrected chi connectivity index (χ3v) is 4.17. The topological polar surface area (TPSA) is 41.5 Å². The minimum absolute atomic E-state index is 0.0450. The molecule has 0 aromatic carbocycles. The number of rotatable bonds is 3. The quantitative estimate of drug-likeness (QED) is 0.771. The van der Waals surface area contributed by atoms with Gasteiger partial charge in [0, 0.05) is 25.3 Å². The van der Waals surface area contributed by atoms with Gasteiger partial charge < -0.3 is 15.2 Å². The van der Waals surface area contributed by atoms with Gasteiger partial charge >= 0.3 is 0 Å². The van der Waals surface area contributed by atoms with E-state index in [0.29, 0.717) is 12.1 Å². The highest BCUT2D eigenvalue weighted by molar-refractivity contribution is 4.82. The van der Waals surface area contributed by atoms with Crippen LogP contribution in [-0.4, -0.2) is 36.5 Å². The molecule has 1 unspecified atom stereocenters. The van der Waals surface area contributed by atoms with Gasteiger partial charge in [-0.2, -0.15) is 0 Å². The van der Waals surface area contributed by atoms with Crippen molar-refractivity contribution in [3.63, 3.8) is 0 Å². The number of aliphatic hydroxyl groups excluding tert-OH is 1. The van der Waals surface area contributed by atoms with Crippen molar-refractivity contribution in [2.45, 2.75) is 63.6 Å². The number of nitrogens with one attached hydrogen (secondary N) is 1. The first-order valence-corrected chi connectivity index (χ1v) is 6.77. The second kappa shape index (κ2) is 5.99. The standard InChI is InChI=1S/C13H25NO2/c1-10(11-6-8-16-9-7-11)14-12-2-4-13(15)5-3-12/h10-15H,2-9H2,1H3. The Morgan fingerprint density at radius 1 is 1.06 bits per heavy atom. The number of hydrogen-bond donors (Lipinski definition) is 2. The van der Waals surface area contributed by atoms with Crippen LogP contribution in [0.15, 0.2) is 0 Å². The minimum atomic E-state index is -0.0450. The van der Waals surface area contributed by atoms with Crippen LogP contribution in [0.4, 0.5) is 0 Å². The summed E-state index contributed by atoms with van der Waals surface area (Å²) in [6, 6.07) is 1.23. The predicted molar refractivity (Wildman–Crippen MR) is 64.4 cm³/mol. The maximum absolute atomic E-state index is 9.47. The molecule has 2 fully saturated rings. The van der Waals surface area contributed by atoms with E-state index in [0.717, 1.165) is 44.8 Å². The first-order chi connectivity index (χ1) is 7.75. The average molecular weight is 227 g/mol. The molecule has 0 aromatic rings. The van der Waals surface area contributed by atoms with Gasteiger partial charge in [0.15, 0.2) is 0 Å². The molecule has 16 heavy (non-hydrogen) atoms. The lowest BCUT2D eigenvalue weighted by Gasteiger charge is -2.34. The summed E-state index contributed by atoms with van der Waals surface area (Å²) >= 11 is 0. The molecule has 1 saturated carbocycles. The van der Waals surface area contributed by atoms with Gasteiger partial charge in [-0.15, -0.1) is 0 Å². The maximum atomic E-state index is 9.47. The number of aliphatic hydroxyl groups is 1. The van der Waals surface area contributed by atoms with Gasteiger partial charge in [0.05, 0.1) is 6.10 Å². The monoisotopic (exact) mass is 227 g/mol. The van der Waals surface area contributed by atoms with Crippen LogP contribution >= 0.6 is 0 Å². The van der Waals surface area contributed by atoms with E-state index in [-0.39, 0.29) is 6.10 Å². The van der Waals surface area contributed by atoms with Crippen molar-refractivity contribution in [2.24, 2.45) is 5.92 Å².